The third kappa shape index (κ3) is 2.45. The molecule has 4 heteroatoms. The molecule has 0 fully saturated rings. The third-order valence-electron chi connectivity index (χ3n) is 5.23. The highest BCUT2D eigenvalue weighted by atomic mass is 16.5. The van der Waals surface area contributed by atoms with Crippen molar-refractivity contribution in [2.45, 2.75) is 19.4 Å². The topological polar surface area (TPSA) is 49.9 Å². The summed E-state index contributed by atoms with van der Waals surface area (Å²) in [5.41, 5.74) is 5.13. The summed E-state index contributed by atoms with van der Waals surface area (Å²) in [7, 11) is 0. The molecule has 4 nitrogen and oxygen atoms in total. The summed E-state index contributed by atoms with van der Waals surface area (Å²) in [4.78, 5) is 7.86. The predicted molar refractivity (Wildman–Crippen MR) is 105 cm³/mol. The molecule has 0 spiro atoms. The quantitative estimate of drug-likeness (QED) is 0.581. The minimum Gasteiger partial charge on any atom is -0.494 e. The molecular formula is C22H21N3O. The molecule has 3 heterocycles. The normalized spacial score (nSPS) is 16.7. The molecule has 26 heavy (non-hydrogen) atoms. The van der Waals surface area contributed by atoms with Gasteiger partial charge in [-0.3, -0.25) is 4.98 Å². The van der Waals surface area contributed by atoms with Crippen molar-refractivity contribution < 1.29 is 4.74 Å². The van der Waals surface area contributed by atoms with Crippen LogP contribution in [-0.4, -0.2) is 23.1 Å². The van der Waals surface area contributed by atoms with Crippen LogP contribution in [0.4, 0.5) is 0 Å². The number of hydrogen-bond donors (Lipinski definition) is 2. The van der Waals surface area contributed by atoms with Crippen LogP contribution in [0.2, 0.25) is 0 Å². The van der Waals surface area contributed by atoms with E-state index < -0.39 is 0 Å². The SMILES string of the molecule is CCOc1ccc2[nH]c3c(c2c1)CCNC3c1ccc2cnccc2c1. The lowest BCUT2D eigenvalue weighted by Gasteiger charge is -2.25. The van der Waals surface area contributed by atoms with Gasteiger partial charge in [-0.25, -0.2) is 0 Å². The Labute approximate surface area is 152 Å². The minimum absolute atomic E-state index is 0.180. The molecule has 130 valence electrons. The molecule has 2 aromatic carbocycles. The Morgan fingerprint density at radius 3 is 3.00 bits per heavy atom. The van der Waals surface area contributed by atoms with Crippen molar-refractivity contribution in [1.29, 1.82) is 0 Å². The van der Waals surface area contributed by atoms with Gasteiger partial charge in [0, 0.05) is 40.9 Å². The van der Waals surface area contributed by atoms with Crippen molar-refractivity contribution in [3.63, 3.8) is 0 Å². The van der Waals surface area contributed by atoms with Crippen LogP contribution in [0.3, 0.4) is 0 Å². The smallest absolute Gasteiger partial charge is 0.120 e. The number of nitrogens with one attached hydrogen (secondary N) is 2. The van der Waals surface area contributed by atoms with E-state index in [1.807, 2.05) is 25.4 Å². The average molecular weight is 343 g/mol. The molecule has 1 unspecified atom stereocenters. The van der Waals surface area contributed by atoms with Crippen LogP contribution in [0.1, 0.15) is 29.8 Å². The first kappa shape index (κ1) is 15.4. The maximum atomic E-state index is 5.70. The second-order valence-corrected chi connectivity index (χ2v) is 6.78. The monoisotopic (exact) mass is 343 g/mol. The molecule has 0 amide bonds. The predicted octanol–water partition coefficient (Wildman–Crippen LogP) is 4.35. The number of pyridine rings is 1. The van der Waals surface area contributed by atoms with Gasteiger partial charge in [0.05, 0.1) is 12.6 Å². The number of aromatic amines is 1. The summed E-state index contributed by atoms with van der Waals surface area (Å²) in [6.45, 7) is 3.68. The van der Waals surface area contributed by atoms with Gasteiger partial charge < -0.3 is 15.0 Å². The first-order valence-electron chi connectivity index (χ1n) is 9.18. The minimum atomic E-state index is 0.180. The third-order valence-corrected chi connectivity index (χ3v) is 5.23. The van der Waals surface area contributed by atoms with Crippen molar-refractivity contribution in [1.82, 2.24) is 15.3 Å². The number of benzene rings is 2. The fourth-order valence-electron chi connectivity index (χ4n) is 4.03. The number of H-pyrrole nitrogens is 1. The van der Waals surface area contributed by atoms with Crippen LogP contribution in [0.25, 0.3) is 21.7 Å². The standard InChI is InChI=1S/C22H21N3O/c1-2-26-17-5-6-20-19(12-17)18-8-10-24-21(22(18)25-20)15-3-4-16-13-23-9-7-14(16)11-15/h3-7,9,11-13,21,24-25H,2,8,10H2,1H3. The molecule has 1 aliphatic rings. The molecule has 0 radical (unpaired) electrons. The Bertz CT molecular complexity index is 1100. The van der Waals surface area contributed by atoms with Gasteiger partial charge in [0.15, 0.2) is 0 Å². The van der Waals surface area contributed by atoms with Crippen LogP contribution in [0.15, 0.2) is 54.9 Å². The van der Waals surface area contributed by atoms with Crippen LogP contribution in [0.5, 0.6) is 5.75 Å². The number of ether oxygens (including phenoxy) is 1. The molecule has 0 saturated heterocycles. The van der Waals surface area contributed by atoms with Gasteiger partial charge in [0.25, 0.3) is 0 Å². The van der Waals surface area contributed by atoms with Gasteiger partial charge in [0.2, 0.25) is 0 Å². The van der Waals surface area contributed by atoms with Crippen molar-refractivity contribution >= 4 is 21.7 Å². The van der Waals surface area contributed by atoms with E-state index in [1.165, 1.54) is 38.5 Å². The van der Waals surface area contributed by atoms with Gasteiger partial charge >= 0.3 is 0 Å². The Morgan fingerprint density at radius 2 is 2.08 bits per heavy atom. The first-order chi connectivity index (χ1) is 12.8. The molecular weight excluding hydrogens is 322 g/mol. The van der Waals surface area contributed by atoms with Crippen LogP contribution < -0.4 is 10.1 Å². The van der Waals surface area contributed by atoms with Gasteiger partial charge in [-0.1, -0.05) is 12.1 Å². The maximum absolute atomic E-state index is 5.70. The van der Waals surface area contributed by atoms with E-state index in [2.05, 4.69) is 51.7 Å². The Kier molecular flexibility index (Phi) is 3.64. The largest absolute Gasteiger partial charge is 0.494 e. The van der Waals surface area contributed by atoms with Crippen molar-refractivity contribution in [2.24, 2.45) is 0 Å². The molecule has 0 bridgehead atoms. The van der Waals surface area contributed by atoms with Crippen molar-refractivity contribution in [3.05, 3.63) is 71.7 Å². The second kappa shape index (κ2) is 6.15. The molecule has 0 aliphatic carbocycles. The highest BCUT2D eigenvalue weighted by molar-refractivity contribution is 5.87. The fourth-order valence-corrected chi connectivity index (χ4v) is 4.03. The Hall–Kier alpha value is -2.85. The molecule has 0 saturated carbocycles. The van der Waals surface area contributed by atoms with Gasteiger partial charge in [-0.15, -0.1) is 0 Å². The summed E-state index contributed by atoms with van der Waals surface area (Å²) in [5, 5.41) is 7.35. The van der Waals surface area contributed by atoms with E-state index in [9.17, 15) is 0 Å². The number of rotatable bonds is 3. The van der Waals surface area contributed by atoms with Gasteiger partial charge in [-0.05, 0) is 60.2 Å². The highest BCUT2D eigenvalue weighted by Gasteiger charge is 2.25. The first-order valence-corrected chi connectivity index (χ1v) is 9.18. The maximum Gasteiger partial charge on any atom is 0.120 e. The zero-order valence-corrected chi connectivity index (χ0v) is 14.8. The van der Waals surface area contributed by atoms with Crippen molar-refractivity contribution in [2.75, 3.05) is 13.2 Å². The zero-order valence-electron chi connectivity index (χ0n) is 14.8. The fraction of sp³-hybridized carbons (Fsp3) is 0.227. The molecule has 4 aromatic rings. The average Bonchev–Trinajstić information content (AvgIpc) is 3.06. The van der Waals surface area contributed by atoms with E-state index in [0.29, 0.717) is 6.61 Å². The Balaban J connectivity index is 1.63. The number of fused-ring (bicyclic) bond motifs is 4. The Morgan fingerprint density at radius 1 is 1.12 bits per heavy atom. The van der Waals surface area contributed by atoms with Gasteiger partial charge in [0.1, 0.15) is 5.75 Å². The summed E-state index contributed by atoms with van der Waals surface area (Å²) in [6, 6.07) is 15.2. The summed E-state index contributed by atoms with van der Waals surface area (Å²) in [6.07, 6.45) is 4.79. The van der Waals surface area contributed by atoms with Crippen LogP contribution >= 0.6 is 0 Å². The lowest BCUT2D eigenvalue weighted by molar-refractivity contribution is 0.340. The van der Waals surface area contributed by atoms with Crippen molar-refractivity contribution in [3.8, 4) is 5.75 Å². The van der Waals surface area contributed by atoms with Crippen LogP contribution in [-0.2, 0) is 6.42 Å². The van der Waals surface area contributed by atoms with Gasteiger partial charge in [-0.2, -0.15) is 0 Å². The lowest BCUT2D eigenvalue weighted by Crippen LogP contribution is -2.30. The molecule has 2 aromatic heterocycles. The number of hydrogen-bond acceptors (Lipinski definition) is 3. The second-order valence-electron chi connectivity index (χ2n) is 6.78. The lowest BCUT2D eigenvalue weighted by atomic mass is 9.93. The molecule has 1 atom stereocenters. The van der Waals surface area contributed by atoms with E-state index in [4.69, 9.17) is 4.74 Å². The van der Waals surface area contributed by atoms with E-state index in [0.717, 1.165) is 18.7 Å². The molecule has 2 N–H and O–H groups in total. The highest BCUT2D eigenvalue weighted by Crippen LogP contribution is 2.35. The summed E-state index contributed by atoms with van der Waals surface area (Å²) < 4.78 is 5.70. The van der Waals surface area contributed by atoms with Crippen LogP contribution in [0, 0.1) is 0 Å². The van der Waals surface area contributed by atoms with E-state index in [1.54, 1.807) is 0 Å². The summed E-state index contributed by atoms with van der Waals surface area (Å²) in [5.74, 6) is 0.940. The summed E-state index contributed by atoms with van der Waals surface area (Å²) >= 11 is 0. The molecule has 5 rings (SSSR count). The number of nitrogens with zero attached hydrogens (tertiary/aromatic N) is 1. The molecule has 1 aliphatic heterocycles. The zero-order chi connectivity index (χ0) is 17.5. The number of aromatic nitrogens is 2. The van der Waals surface area contributed by atoms with E-state index in [-0.39, 0.29) is 6.04 Å². The van der Waals surface area contributed by atoms with E-state index >= 15 is 0 Å².